The Morgan fingerprint density at radius 3 is 2.07 bits per heavy atom. The highest BCUT2D eigenvalue weighted by Gasteiger charge is 2.40. The number of pyridine rings is 1. The quantitative estimate of drug-likeness (QED) is 0.0763. The largest absolute Gasteiger partial charge is 0.459 e. The molecule has 5 rings (SSSR count). The number of nitrogens with one attached hydrogen (secondary N) is 2. The standard InChI is InChI=1S/C50H71N5O12/c1-50(2,3)53-49(59)43-34-54(32-38-14-11-17-51-31-38)18-19-55(43)33-41(66-45(56)35-64-26-24-62-22-20-60-4)29-40(28-37-12-7-6-8-13-37)48(58)52-47-42-16-10-9-15-39(42)30-44(47)67-46(57)36-65-27-25-63-23-21-61-5/h6-17,31,40-41,43-44,47H,18-30,32-36H2,1-5H3,(H,52,58)(H,53,59)/t40-,41-,43-,44+,47-/m0/s1. The molecule has 17 heteroatoms. The van der Waals surface area contributed by atoms with Crippen LogP contribution < -0.4 is 10.6 Å². The van der Waals surface area contributed by atoms with Crippen LogP contribution >= 0.6 is 0 Å². The fraction of sp³-hybridized carbons (Fsp3) is 0.580. The molecule has 1 fully saturated rings. The number of carbonyl (C=O) groups excluding carboxylic acids is 4. The monoisotopic (exact) mass is 934 g/mol. The Hall–Kier alpha value is -4.85. The number of aromatic nitrogens is 1. The molecular weight excluding hydrogens is 863 g/mol. The van der Waals surface area contributed by atoms with Gasteiger partial charge in [-0.05, 0) is 61.9 Å². The Kier molecular flexibility index (Phi) is 22.6. The van der Waals surface area contributed by atoms with Crippen molar-refractivity contribution in [2.75, 3.05) is 106 Å². The molecule has 2 aliphatic rings. The van der Waals surface area contributed by atoms with Crippen molar-refractivity contribution in [3.05, 3.63) is 101 Å². The van der Waals surface area contributed by atoms with Crippen LogP contribution in [0.3, 0.4) is 0 Å². The van der Waals surface area contributed by atoms with E-state index in [4.69, 9.17) is 37.9 Å². The second kappa shape index (κ2) is 28.5. The molecule has 0 saturated carbocycles. The van der Waals surface area contributed by atoms with Crippen LogP contribution in [0.5, 0.6) is 0 Å². The minimum atomic E-state index is -0.830. The number of carbonyl (C=O) groups is 4. The molecule has 1 saturated heterocycles. The summed E-state index contributed by atoms with van der Waals surface area (Å²) in [5, 5.41) is 6.41. The van der Waals surface area contributed by atoms with Crippen molar-refractivity contribution in [1.29, 1.82) is 0 Å². The molecule has 0 bridgehead atoms. The lowest BCUT2D eigenvalue weighted by atomic mass is 9.91. The van der Waals surface area contributed by atoms with Gasteiger partial charge in [-0.15, -0.1) is 0 Å². The Labute approximate surface area is 395 Å². The molecule has 17 nitrogen and oxygen atoms in total. The number of hydrogen-bond donors (Lipinski definition) is 2. The molecule has 1 aliphatic carbocycles. The van der Waals surface area contributed by atoms with Crippen molar-refractivity contribution in [3.8, 4) is 0 Å². The van der Waals surface area contributed by atoms with Gasteiger partial charge >= 0.3 is 11.9 Å². The summed E-state index contributed by atoms with van der Waals surface area (Å²) in [4.78, 5) is 64.3. The Morgan fingerprint density at radius 2 is 1.40 bits per heavy atom. The second-order valence-corrected chi connectivity index (χ2v) is 17.8. The van der Waals surface area contributed by atoms with Crippen molar-refractivity contribution in [1.82, 2.24) is 25.4 Å². The molecule has 0 radical (unpaired) electrons. The summed E-state index contributed by atoms with van der Waals surface area (Å²) in [5.41, 5.74) is 3.25. The van der Waals surface area contributed by atoms with Crippen LogP contribution in [-0.4, -0.2) is 169 Å². The number of ether oxygens (including phenoxy) is 8. The van der Waals surface area contributed by atoms with Crippen LogP contribution in [0, 0.1) is 5.92 Å². The first-order valence-electron chi connectivity index (χ1n) is 23.2. The number of nitrogens with zero attached hydrogens (tertiary/aromatic N) is 3. The van der Waals surface area contributed by atoms with E-state index in [-0.39, 0.29) is 57.8 Å². The molecule has 2 amide bonds. The van der Waals surface area contributed by atoms with Crippen LogP contribution in [0.1, 0.15) is 55.5 Å². The summed E-state index contributed by atoms with van der Waals surface area (Å²) in [7, 11) is 3.18. The van der Waals surface area contributed by atoms with Crippen LogP contribution in [0.4, 0.5) is 0 Å². The number of piperazine rings is 1. The van der Waals surface area contributed by atoms with Gasteiger partial charge in [-0.1, -0.05) is 60.7 Å². The molecule has 0 spiro atoms. The number of esters is 2. The molecule has 5 atom stereocenters. The molecule has 368 valence electrons. The molecular formula is C50H71N5O12. The third-order valence-corrected chi connectivity index (χ3v) is 11.3. The van der Waals surface area contributed by atoms with Crippen molar-refractivity contribution in [2.24, 2.45) is 5.92 Å². The van der Waals surface area contributed by atoms with Gasteiger partial charge in [-0.2, -0.15) is 0 Å². The molecule has 1 aromatic heterocycles. The SMILES string of the molecule is COCCOCCOCC(=O)O[C@@H](C[C@H](Cc1ccccc1)C(=O)N[C@H]1c2ccccc2C[C@H]1OC(=O)COCCOCCOC)CN1CCN(Cc2cccnc2)C[C@H]1C(=O)NC(C)(C)C. The highest BCUT2D eigenvalue weighted by molar-refractivity contribution is 5.83. The lowest BCUT2D eigenvalue weighted by molar-refractivity contribution is -0.158. The summed E-state index contributed by atoms with van der Waals surface area (Å²) in [6.45, 7) is 10.2. The van der Waals surface area contributed by atoms with Gasteiger partial charge in [0.2, 0.25) is 11.8 Å². The van der Waals surface area contributed by atoms with Gasteiger partial charge in [0.15, 0.2) is 0 Å². The highest BCUT2D eigenvalue weighted by atomic mass is 16.6. The van der Waals surface area contributed by atoms with E-state index in [1.54, 1.807) is 20.4 Å². The van der Waals surface area contributed by atoms with E-state index in [0.29, 0.717) is 72.1 Å². The number of fused-ring (bicyclic) bond motifs is 1. The molecule has 0 unspecified atom stereocenters. The molecule has 67 heavy (non-hydrogen) atoms. The van der Waals surface area contributed by atoms with Crippen LogP contribution in [-0.2, 0) is 76.5 Å². The van der Waals surface area contributed by atoms with E-state index in [2.05, 4.69) is 25.4 Å². The third kappa shape index (κ3) is 19.0. The average molecular weight is 934 g/mol. The van der Waals surface area contributed by atoms with Gasteiger partial charge in [-0.25, -0.2) is 9.59 Å². The van der Waals surface area contributed by atoms with Crippen molar-refractivity contribution in [2.45, 2.75) is 76.4 Å². The maximum absolute atomic E-state index is 14.9. The van der Waals surface area contributed by atoms with Crippen molar-refractivity contribution in [3.63, 3.8) is 0 Å². The maximum atomic E-state index is 14.9. The highest BCUT2D eigenvalue weighted by Crippen LogP contribution is 2.34. The van der Waals surface area contributed by atoms with E-state index >= 15 is 0 Å². The first-order chi connectivity index (χ1) is 32.4. The summed E-state index contributed by atoms with van der Waals surface area (Å²) in [6, 6.07) is 20.0. The number of hydrogen-bond acceptors (Lipinski definition) is 15. The number of amides is 2. The normalized spacial score (nSPS) is 18.4. The molecule has 2 N–H and O–H groups in total. The van der Waals surface area contributed by atoms with E-state index in [0.717, 1.165) is 22.3 Å². The van der Waals surface area contributed by atoms with Gasteiger partial charge in [-0.3, -0.25) is 24.4 Å². The smallest absolute Gasteiger partial charge is 0.332 e. The van der Waals surface area contributed by atoms with Gasteiger partial charge in [0, 0.05) is 77.2 Å². The van der Waals surface area contributed by atoms with Crippen LogP contribution in [0.25, 0.3) is 0 Å². The van der Waals surface area contributed by atoms with Gasteiger partial charge in [0.1, 0.15) is 31.5 Å². The van der Waals surface area contributed by atoms with E-state index in [1.165, 1.54) is 0 Å². The van der Waals surface area contributed by atoms with Gasteiger partial charge in [0.05, 0.1) is 58.9 Å². The third-order valence-electron chi connectivity index (χ3n) is 11.3. The van der Waals surface area contributed by atoms with Crippen molar-refractivity contribution < 1.29 is 57.1 Å². The maximum Gasteiger partial charge on any atom is 0.332 e. The van der Waals surface area contributed by atoms with E-state index in [9.17, 15) is 19.2 Å². The lowest BCUT2D eigenvalue weighted by Crippen LogP contribution is -2.62. The average Bonchev–Trinajstić information content (AvgIpc) is 3.64. The minimum Gasteiger partial charge on any atom is -0.459 e. The van der Waals surface area contributed by atoms with Gasteiger partial charge < -0.3 is 48.5 Å². The fourth-order valence-corrected chi connectivity index (χ4v) is 8.18. The first kappa shape index (κ1) is 53.1. The zero-order valence-electron chi connectivity index (χ0n) is 39.9. The van der Waals surface area contributed by atoms with Gasteiger partial charge in [0.25, 0.3) is 0 Å². The van der Waals surface area contributed by atoms with E-state index in [1.807, 2.05) is 93.7 Å². The first-order valence-corrected chi connectivity index (χ1v) is 23.2. The number of methoxy groups -OCH3 is 2. The predicted octanol–water partition coefficient (Wildman–Crippen LogP) is 3.33. The summed E-state index contributed by atoms with van der Waals surface area (Å²) in [5.74, 6) is -2.33. The Bertz CT molecular complexity index is 1940. The van der Waals surface area contributed by atoms with Crippen LogP contribution in [0.15, 0.2) is 79.1 Å². The fourth-order valence-electron chi connectivity index (χ4n) is 8.18. The number of benzene rings is 2. The summed E-state index contributed by atoms with van der Waals surface area (Å²) >= 11 is 0. The topological polar surface area (TPSA) is 186 Å². The van der Waals surface area contributed by atoms with E-state index < -0.39 is 47.7 Å². The van der Waals surface area contributed by atoms with Crippen LogP contribution in [0.2, 0.25) is 0 Å². The zero-order valence-corrected chi connectivity index (χ0v) is 39.9. The summed E-state index contributed by atoms with van der Waals surface area (Å²) in [6.07, 6.45) is 2.88. The predicted molar refractivity (Wildman–Crippen MR) is 249 cm³/mol. The zero-order chi connectivity index (χ0) is 47.9. The Balaban J connectivity index is 1.36. The minimum absolute atomic E-state index is 0.120. The number of rotatable bonds is 29. The summed E-state index contributed by atoms with van der Waals surface area (Å²) < 4.78 is 44.3. The molecule has 1 aliphatic heterocycles. The molecule has 2 aromatic carbocycles. The lowest BCUT2D eigenvalue weighted by Gasteiger charge is -2.42. The molecule has 2 heterocycles. The second-order valence-electron chi connectivity index (χ2n) is 17.8. The van der Waals surface area contributed by atoms with Crippen molar-refractivity contribution >= 4 is 23.8 Å². The molecule has 3 aromatic rings. The Morgan fingerprint density at radius 1 is 0.761 bits per heavy atom.